The van der Waals surface area contributed by atoms with Crippen LogP contribution in [0.1, 0.15) is 38.5 Å². The highest BCUT2D eigenvalue weighted by molar-refractivity contribution is 7.99. The van der Waals surface area contributed by atoms with Gasteiger partial charge in [0.1, 0.15) is 0 Å². The zero-order valence-corrected chi connectivity index (χ0v) is 10.4. The van der Waals surface area contributed by atoms with Gasteiger partial charge in [0.15, 0.2) is 0 Å². The van der Waals surface area contributed by atoms with Gasteiger partial charge in [-0.15, -0.1) is 0 Å². The lowest BCUT2D eigenvalue weighted by Crippen LogP contribution is -2.50. The van der Waals surface area contributed by atoms with Gasteiger partial charge in [0.05, 0.1) is 5.75 Å². The van der Waals surface area contributed by atoms with Crippen LogP contribution in [0.5, 0.6) is 0 Å². The van der Waals surface area contributed by atoms with Crippen LogP contribution in [0.3, 0.4) is 0 Å². The summed E-state index contributed by atoms with van der Waals surface area (Å²) in [6.07, 6.45) is 9.91. The molecule has 0 bridgehead atoms. The average Bonchev–Trinajstić information content (AvgIpc) is 2.28. The van der Waals surface area contributed by atoms with Crippen LogP contribution in [-0.2, 0) is 4.79 Å². The Kier molecular flexibility index (Phi) is 3.95. The van der Waals surface area contributed by atoms with Gasteiger partial charge in [-0.3, -0.25) is 4.79 Å². The van der Waals surface area contributed by atoms with E-state index in [9.17, 15) is 4.79 Å². The number of hydrogen-bond donors (Lipinski definition) is 0. The van der Waals surface area contributed by atoms with Gasteiger partial charge in [0.25, 0.3) is 0 Å². The van der Waals surface area contributed by atoms with Crippen molar-refractivity contribution in [2.45, 2.75) is 44.6 Å². The maximum atomic E-state index is 12.0. The molecule has 2 nitrogen and oxygen atoms in total. The van der Waals surface area contributed by atoms with Gasteiger partial charge < -0.3 is 4.90 Å². The highest BCUT2D eigenvalue weighted by Crippen LogP contribution is 2.35. The monoisotopic (exact) mass is 227 g/mol. The van der Waals surface area contributed by atoms with Crippen LogP contribution >= 0.6 is 11.8 Å². The van der Waals surface area contributed by atoms with Gasteiger partial charge in [0, 0.05) is 12.6 Å². The predicted molar refractivity (Wildman–Crippen MR) is 65.1 cm³/mol. The van der Waals surface area contributed by atoms with Crippen molar-refractivity contribution in [3.8, 4) is 0 Å². The maximum Gasteiger partial charge on any atom is 0.232 e. The van der Waals surface area contributed by atoms with Crippen molar-refractivity contribution in [2.24, 2.45) is 5.92 Å². The Bertz CT molecular complexity index is 230. The molecule has 1 heterocycles. The quantitative estimate of drug-likeness (QED) is 0.722. The molecule has 1 saturated carbocycles. The zero-order valence-electron chi connectivity index (χ0n) is 9.58. The second-order valence-corrected chi connectivity index (χ2v) is 5.64. The number of rotatable bonds is 2. The second kappa shape index (κ2) is 5.24. The molecule has 1 aliphatic carbocycles. The van der Waals surface area contributed by atoms with E-state index in [0.29, 0.717) is 17.7 Å². The molecule has 2 atom stereocenters. The standard InChI is InChI=1S/C12H21NOS/c1-15-9-12(14)13-8-4-6-10-5-2-3-7-11(10)13/h10-11H,2-9H2,1H3. The summed E-state index contributed by atoms with van der Waals surface area (Å²) in [4.78, 5) is 14.1. The third-order valence-electron chi connectivity index (χ3n) is 3.83. The lowest BCUT2D eigenvalue weighted by molar-refractivity contribution is -0.134. The van der Waals surface area contributed by atoms with Gasteiger partial charge in [0.2, 0.25) is 5.91 Å². The molecule has 0 spiro atoms. The Labute approximate surface area is 96.8 Å². The van der Waals surface area contributed by atoms with Crippen LogP contribution in [0.25, 0.3) is 0 Å². The van der Waals surface area contributed by atoms with Crippen molar-refractivity contribution >= 4 is 17.7 Å². The van der Waals surface area contributed by atoms with E-state index >= 15 is 0 Å². The minimum absolute atomic E-state index is 0.374. The fraction of sp³-hybridized carbons (Fsp3) is 0.917. The molecule has 3 heteroatoms. The van der Waals surface area contributed by atoms with E-state index in [0.717, 1.165) is 12.5 Å². The number of thioether (sulfide) groups is 1. The molecule has 2 unspecified atom stereocenters. The molecule has 15 heavy (non-hydrogen) atoms. The molecule has 2 aliphatic rings. The van der Waals surface area contributed by atoms with Gasteiger partial charge in [-0.2, -0.15) is 11.8 Å². The minimum atomic E-state index is 0.374. The number of likely N-dealkylation sites (tertiary alicyclic amines) is 1. The van der Waals surface area contributed by atoms with E-state index in [-0.39, 0.29) is 0 Å². The molecule has 0 aromatic rings. The molecule has 0 aromatic heterocycles. The number of amides is 1. The van der Waals surface area contributed by atoms with E-state index in [1.807, 2.05) is 6.26 Å². The summed E-state index contributed by atoms with van der Waals surface area (Å²) in [6.45, 7) is 1.01. The molecule has 2 fully saturated rings. The van der Waals surface area contributed by atoms with Crippen molar-refractivity contribution in [2.75, 3.05) is 18.6 Å². The first-order valence-corrected chi connectivity index (χ1v) is 7.50. The van der Waals surface area contributed by atoms with E-state index in [1.54, 1.807) is 11.8 Å². The van der Waals surface area contributed by atoms with Crippen LogP contribution in [0, 0.1) is 5.92 Å². The van der Waals surface area contributed by atoms with E-state index in [1.165, 1.54) is 38.5 Å². The fourth-order valence-corrected chi connectivity index (χ4v) is 3.55. The number of nitrogens with zero attached hydrogens (tertiary/aromatic N) is 1. The Hall–Kier alpha value is -0.180. The molecule has 0 aromatic carbocycles. The number of fused-ring (bicyclic) bond motifs is 1. The van der Waals surface area contributed by atoms with E-state index in [2.05, 4.69) is 4.90 Å². The van der Waals surface area contributed by atoms with Crippen molar-refractivity contribution in [3.63, 3.8) is 0 Å². The smallest absolute Gasteiger partial charge is 0.232 e. The Morgan fingerprint density at radius 3 is 2.80 bits per heavy atom. The van der Waals surface area contributed by atoms with Gasteiger partial charge in [-0.1, -0.05) is 12.8 Å². The summed E-state index contributed by atoms with van der Waals surface area (Å²) < 4.78 is 0. The number of hydrogen-bond acceptors (Lipinski definition) is 2. The molecule has 0 N–H and O–H groups in total. The molecule has 1 aliphatic heterocycles. The van der Waals surface area contributed by atoms with Gasteiger partial charge >= 0.3 is 0 Å². The molecular formula is C12H21NOS. The van der Waals surface area contributed by atoms with Crippen LogP contribution in [0.2, 0.25) is 0 Å². The highest BCUT2D eigenvalue weighted by Gasteiger charge is 2.35. The second-order valence-electron chi connectivity index (χ2n) is 4.77. The Morgan fingerprint density at radius 1 is 1.27 bits per heavy atom. The number of carbonyl (C=O) groups excluding carboxylic acids is 1. The molecule has 86 valence electrons. The molecule has 2 rings (SSSR count). The summed E-state index contributed by atoms with van der Waals surface area (Å²) in [5.41, 5.74) is 0. The summed E-state index contributed by atoms with van der Waals surface area (Å²) in [7, 11) is 0. The fourth-order valence-electron chi connectivity index (χ4n) is 3.14. The average molecular weight is 227 g/mol. The molecular weight excluding hydrogens is 206 g/mol. The number of piperidine rings is 1. The Morgan fingerprint density at radius 2 is 2.00 bits per heavy atom. The van der Waals surface area contributed by atoms with Crippen molar-refractivity contribution < 1.29 is 4.79 Å². The molecule has 1 saturated heterocycles. The summed E-state index contributed by atoms with van der Waals surface area (Å²) in [5.74, 6) is 1.86. The minimum Gasteiger partial charge on any atom is -0.339 e. The topological polar surface area (TPSA) is 20.3 Å². The first kappa shape index (κ1) is 11.3. The van der Waals surface area contributed by atoms with Crippen molar-refractivity contribution in [3.05, 3.63) is 0 Å². The highest BCUT2D eigenvalue weighted by atomic mass is 32.2. The van der Waals surface area contributed by atoms with Crippen molar-refractivity contribution in [1.29, 1.82) is 0 Å². The normalized spacial score (nSPS) is 31.1. The summed E-state index contributed by atoms with van der Waals surface area (Å²) >= 11 is 1.65. The first-order chi connectivity index (χ1) is 7.33. The lowest BCUT2D eigenvalue weighted by atomic mass is 9.78. The van der Waals surface area contributed by atoms with E-state index < -0.39 is 0 Å². The zero-order chi connectivity index (χ0) is 10.7. The largest absolute Gasteiger partial charge is 0.339 e. The lowest BCUT2D eigenvalue weighted by Gasteiger charge is -2.44. The molecule has 0 radical (unpaired) electrons. The summed E-state index contributed by atoms with van der Waals surface area (Å²) in [6, 6.07) is 0.590. The first-order valence-electron chi connectivity index (χ1n) is 6.11. The number of carbonyl (C=O) groups is 1. The third kappa shape index (κ3) is 2.49. The van der Waals surface area contributed by atoms with Crippen LogP contribution < -0.4 is 0 Å². The van der Waals surface area contributed by atoms with Gasteiger partial charge in [-0.05, 0) is 37.9 Å². The Balaban J connectivity index is 2.00. The van der Waals surface area contributed by atoms with Crippen LogP contribution in [0.15, 0.2) is 0 Å². The maximum absolute atomic E-state index is 12.0. The van der Waals surface area contributed by atoms with Crippen molar-refractivity contribution in [1.82, 2.24) is 4.90 Å². The SMILES string of the molecule is CSCC(=O)N1CCCC2CCCCC21. The van der Waals surface area contributed by atoms with E-state index in [4.69, 9.17) is 0 Å². The molecule has 1 amide bonds. The predicted octanol–water partition coefficient (Wildman–Crippen LogP) is 2.53. The van der Waals surface area contributed by atoms with Gasteiger partial charge in [-0.25, -0.2) is 0 Å². The van der Waals surface area contributed by atoms with Crippen LogP contribution in [-0.4, -0.2) is 35.4 Å². The summed E-state index contributed by atoms with van der Waals surface area (Å²) in [5, 5.41) is 0. The third-order valence-corrected chi connectivity index (χ3v) is 4.37. The van der Waals surface area contributed by atoms with Crippen LogP contribution in [0.4, 0.5) is 0 Å².